The lowest BCUT2D eigenvalue weighted by Gasteiger charge is -2.14. The SMILES string of the molecule is CC[C@@H](C)c1nc2ccc(Br)cc2c(=O)n1N=Cc1cc(C)n(-c2ccc(OCc3ccc(F)cc3)cc2)c1C. The summed E-state index contributed by atoms with van der Waals surface area (Å²) in [4.78, 5) is 18.3. The van der Waals surface area contributed by atoms with Crippen LogP contribution in [0.15, 0.2) is 87.2 Å². The number of aromatic nitrogens is 3. The van der Waals surface area contributed by atoms with E-state index in [1.165, 1.54) is 16.8 Å². The molecule has 0 aliphatic carbocycles. The summed E-state index contributed by atoms with van der Waals surface area (Å²) in [5, 5.41) is 5.17. The topological polar surface area (TPSA) is 61.4 Å². The predicted octanol–water partition coefficient (Wildman–Crippen LogP) is 7.68. The molecule has 204 valence electrons. The molecular weight excluding hydrogens is 571 g/mol. The average Bonchev–Trinajstić information content (AvgIpc) is 3.24. The lowest BCUT2D eigenvalue weighted by molar-refractivity contribution is 0.306. The maximum Gasteiger partial charge on any atom is 0.282 e. The molecule has 0 radical (unpaired) electrons. The summed E-state index contributed by atoms with van der Waals surface area (Å²) in [6.07, 6.45) is 2.57. The Morgan fingerprint density at radius 1 is 1.05 bits per heavy atom. The quantitative estimate of drug-likeness (QED) is 0.172. The number of hydrogen-bond donors (Lipinski definition) is 0. The van der Waals surface area contributed by atoms with Gasteiger partial charge in [-0.25, -0.2) is 9.37 Å². The molecule has 0 unspecified atom stereocenters. The normalized spacial score (nSPS) is 12.3. The molecular formula is C32H30BrFN4O2. The Kier molecular flexibility index (Phi) is 7.98. The minimum absolute atomic E-state index is 0.0640. The van der Waals surface area contributed by atoms with E-state index in [1.807, 2.05) is 50.2 Å². The molecule has 0 bridgehead atoms. The van der Waals surface area contributed by atoms with E-state index in [-0.39, 0.29) is 17.3 Å². The summed E-state index contributed by atoms with van der Waals surface area (Å²) >= 11 is 3.46. The van der Waals surface area contributed by atoms with E-state index >= 15 is 0 Å². The molecule has 3 aromatic carbocycles. The van der Waals surface area contributed by atoms with Crippen molar-refractivity contribution in [2.24, 2.45) is 5.10 Å². The third kappa shape index (κ3) is 5.63. The van der Waals surface area contributed by atoms with Crippen molar-refractivity contribution < 1.29 is 9.13 Å². The van der Waals surface area contributed by atoms with Gasteiger partial charge in [-0.05, 0) is 86.5 Å². The molecule has 0 saturated heterocycles. The number of ether oxygens (including phenoxy) is 1. The second-order valence-electron chi connectivity index (χ2n) is 9.87. The standard InChI is InChI=1S/C32H30BrFN4O2/c1-5-20(2)31-36-30-15-8-25(33)17-29(30)32(39)38(31)35-18-24-16-21(3)37(22(24)4)27-11-13-28(14-12-27)40-19-23-6-9-26(34)10-7-23/h6-18,20H,5,19H2,1-4H3/t20-/m1/s1. The van der Waals surface area contributed by atoms with Gasteiger partial charge in [0.1, 0.15) is 24.0 Å². The maximum absolute atomic E-state index is 13.5. The molecule has 0 aliphatic rings. The molecule has 8 heteroatoms. The Hall–Kier alpha value is -4.04. The van der Waals surface area contributed by atoms with Crippen LogP contribution >= 0.6 is 15.9 Å². The van der Waals surface area contributed by atoms with Gasteiger partial charge >= 0.3 is 0 Å². The Bertz CT molecular complexity index is 1760. The van der Waals surface area contributed by atoms with Crippen LogP contribution in [0.4, 0.5) is 4.39 Å². The number of nitrogens with zero attached hydrogens (tertiary/aromatic N) is 4. The molecule has 6 nitrogen and oxygen atoms in total. The number of fused-ring (bicyclic) bond motifs is 1. The number of aryl methyl sites for hydroxylation is 1. The van der Waals surface area contributed by atoms with Crippen LogP contribution in [0.1, 0.15) is 54.5 Å². The molecule has 0 saturated carbocycles. The van der Waals surface area contributed by atoms with E-state index < -0.39 is 0 Å². The molecule has 2 aromatic heterocycles. The lowest BCUT2D eigenvalue weighted by atomic mass is 10.1. The van der Waals surface area contributed by atoms with E-state index in [0.29, 0.717) is 23.3 Å². The van der Waals surface area contributed by atoms with Gasteiger partial charge < -0.3 is 9.30 Å². The lowest BCUT2D eigenvalue weighted by Crippen LogP contribution is -2.23. The van der Waals surface area contributed by atoms with Crippen molar-refractivity contribution in [2.45, 2.75) is 46.6 Å². The zero-order valence-electron chi connectivity index (χ0n) is 22.9. The summed E-state index contributed by atoms with van der Waals surface area (Å²) in [5.41, 5.74) is 5.30. The van der Waals surface area contributed by atoms with E-state index in [2.05, 4.69) is 45.5 Å². The molecule has 0 amide bonds. The summed E-state index contributed by atoms with van der Waals surface area (Å²) in [7, 11) is 0. The average molecular weight is 602 g/mol. The van der Waals surface area contributed by atoms with E-state index in [4.69, 9.17) is 9.72 Å². The van der Waals surface area contributed by atoms with Crippen molar-refractivity contribution >= 4 is 33.0 Å². The first kappa shape index (κ1) is 27.5. The Morgan fingerprint density at radius 3 is 2.48 bits per heavy atom. The number of rotatable bonds is 8. The van der Waals surface area contributed by atoms with Gasteiger partial charge in [0.15, 0.2) is 0 Å². The fraction of sp³-hybridized carbons (Fsp3) is 0.219. The molecule has 0 N–H and O–H groups in total. The number of hydrogen-bond acceptors (Lipinski definition) is 4. The summed E-state index contributed by atoms with van der Waals surface area (Å²) < 4.78 is 23.4. The van der Waals surface area contributed by atoms with Crippen LogP contribution in [0.25, 0.3) is 16.6 Å². The Morgan fingerprint density at radius 2 is 1.77 bits per heavy atom. The summed E-state index contributed by atoms with van der Waals surface area (Å²) in [5.74, 6) is 1.17. The van der Waals surface area contributed by atoms with Crippen molar-refractivity contribution in [1.82, 2.24) is 14.2 Å². The van der Waals surface area contributed by atoms with Crippen LogP contribution in [0.2, 0.25) is 0 Å². The molecule has 5 aromatic rings. The first-order valence-electron chi connectivity index (χ1n) is 13.2. The predicted molar refractivity (Wildman–Crippen MR) is 161 cm³/mol. The highest BCUT2D eigenvalue weighted by molar-refractivity contribution is 9.10. The highest BCUT2D eigenvalue weighted by Gasteiger charge is 2.16. The van der Waals surface area contributed by atoms with Gasteiger partial charge in [-0.2, -0.15) is 9.78 Å². The molecule has 5 rings (SSSR count). The van der Waals surface area contributed by atoms with Crippen LogP contribution in [-0.2, 0) is 6.61 Å². The van der Waals surface area contributed by atoms with Crippen LogP contribution in [0.5, 0.6) is 5.75 Å². The minimum atomic E-state index is -0.264. The largest absolute Gasteiger partial charge is 0.489 e. The molecule has 0 aliphatic heterocycles. The second-order valence-corrected chi connectivity index (χ2v) is 10.8. The number of benzene rings is 3. The van der Waals surface area contributed by atoms with Gasteiger partial charge in [-0.1, -0.05) is 41.9 Å². The van der Waals surface area contributed by atoms with Crippen molar-refractivity contribution in [3.8, 4) is 11.4 Å². The van der Waals surface area contributed by atoms with Gasteiger partial charge in [-0.15, -0.1) is 0 Å². The van der Waals surface area contributed by atoms with E-state index in [9.17, 15) is 9.18 Å². The molecule has 2 heterocycles. The third-order valence-corrected chi connectivity index (χ3v) is 7.58. The zero-order chi connectivity index (χ0) is 28.4. The van der Waals surface area contributed by atoms with Crippen LogP contribution in [0.3, 0.4) is 0 Å². The first-order valence-corrected chi connectivity index (χ1v) is 14.0. The summed E-state index contributed by atoms with van der Waals surface area (Å²) in [6.45, 7) is 8.55. The van der Waals surface area contributed by atoms with Crippen LogP contribution < -0.4 is 10.3 Å². The van der Waals surface area contributed by atoms with E-state index in [1.54, 1.807) is 24.4 Å². The number of halogens is 2. The smallest absolute Gasteiger partial charge is 0.282 e. The monoisotopic (exact) mass is 600 g/mol. The second kappa shape index (κ2) is 11.6. The highest BCUT2D eigenvalue weighted by atomic mass is 79.9. The third-order valence-electron chi connectivity index (χ3n) is 7.08. The Labute approximate surface area is 240 Å². The van der Waals surface area contributed by atoms with Gasteiger partial charge in [-0.3, -0.25) is 4.79 Å². The van der Waals surface area contributed by atoms with Gasteiger partial charge in [0.2, 0.25) is 0 Å². The van der Waals surface area contributed by atoms with Crippen LogP contribution in [-0.4, -0.2) is 20.4 Å². The van der Waals surface area contributed by atoms with Gasteiger partial charge in [0, 0.05) is 33.0 Å². The van der Waals surface area contributed by atoms with Crippen LogP contribution in [0, 0.1) is 19.7 Å². The van der Waals surface area contributed by atoms with Crippen molar-refractivity contribution in [1.29, 1.82) is 0 Å². The summed E-state index contributed by atoms with van der Waals surface area (Å²) in [6, 6.07) is 21.7. The van der Waals surface area contributed by atoms with Gasteiger partial charge in [0.05, 0.1) is 17.1 Å². The Balaban J connectivity index is 1.43. The molecule has 0 fully saturated rings. The molecule has 1 atom stereocenters. The molecule has 40 heavy (non-hydrogen) atoms. The fourth-order valence-electron chi connectivity index (χ4n) is 4.65. The van der Waals surface area contributed by atoms with Crippen molar-refractivity contribution in [3.05, 3.63) is 122 Å². The zero-order valence-corrected chi connectivity index (χ0v) is 24.4. The van der Waals surface area contributed by atoms with E-state index in [0.717, 1.165) is 44.8 Å². The van der Waals surface area contributed by atoms with Gasteiger partial charge in [0.25, 0.3) is 5.56 Å². The first-order chi connectivity index (χ1) is 19.2. The molecule has 0 spiro atoms. The van der Waals surface area contributed by atoms with Crippen molar-refractivity contribution in [2.75, 3.05) is 0 Å². The highest BCUT2D eigenvalue weighted by Crippen LogP contribution is 2.24. The van der Waals surface area contributed by atoms with Crippen molar-refractivity contribution in [3.63, 3.8) is 0 Å². The fourth-order valence-corrected chi connectivity index (χ4v) is 5.01. The maximum atomic E-state index is 13.5. The minimum Gasteiger partial charge on any atom is -0.489 e.